The third-order valence-electron chi connectivity index (χ3n) is 2.07. The lowest BCUT2D eigenvalue weighted by molar-refractivity contribution is -0.170. The molecule has 0 spiro atoms. The summed E-state index contributed by atoms with van der Waals surface area (Å²) < 4.78 is 0. The molecule has 1 aromatic rings. The monoisotopic (exact) mass is 194 g/mol. The normalized spacial score (nSPS) is 12.1. The molecule has 78 valence electrons. The Hall–Kier alpha value is -0.860. The van der Waals surface area contributed by atoms with Gasteiger partial charge in [-0.25, -0.2) is 0 Å². The molecule has 0 aliphatic heterocycles. The van der Waals surface area contributed by atoms with Crippen molar-refractivity contribution in [3.8, 4) is 0 Å². The van der Waals surface area contributed by atoms with Crippen LogP contribution >= 0.6 is 0 Å². The van der Waals surface area contributed by atoms with Gasteiger partial charge in [0.1, 0.15) is 0 Å². The first-order valence-electron chi connectivity index (χ1n) is 4.98. The summed E-state index contributed by atoms with van der Waals surface area (Å²) >= 11 is 0. The molecule has 0 aliphatic carbocycles. The zero-order valence-corrected chi connectivity index (χ0v) is 8.77. The summed E-state index contributed by atoms with van der Waals surface area (Å²) in [6.07, 6.45) is 0.702. The summed E-state index contributed by atoms with van der Waals surface area (Å²) in [5, 5.41) is 19.4. The second-order valence-corrected chi connectivity index (χ2v) is 4.24. The van der Waals surface area contributed by atoms with Crippen LogP contribution in [-0.4, -0.2) is 16.0 Å². The van der Waals surface area contributed by atoms with Crippen LogP contribution in [0.4, 0.5) is 0 Å². The summed E-state index contributed by atoms with van der Waals surface area (Å²) in [4.78, 5) is 0. The fourth-order valence-electron chi connectivity index (χ4n) is 1.65. The lowest BCUT2D eigenvalue weighted by atomic mass is 9.96. The number of aliphatic hydroxyl groups is 2. The van der Waals surface area contributed by atoms with E-state index in [1.807, 2.05) is 44.2 Å². The number of hydrogen-bond acceptors (Lipinski definition) is 2. The van der Waals surface area contributed by atoms with Crippen molar-refractivity contribution in [3.63, 3.8) is 0 Å². The molecule has 0 unspecified atom stereocenters. The van der Waals surface area contributed by atoms with E-state index in [1.165, 1.54) is 0 Å². The molecular formula is C12H18O2. The van der Waals surface area contributed by atoms with E-state index >= 15 is 0 Å². The molecule has 1 rings (SSSR count). The second-order valence-electron chi connectivity index (χ2n) is 4.24. The van der Waals surface area contributed by atoms with Gasteiger partial charge >= 0.3 is 0 Å². The van der Waals surface area contributed by atoms with Gasteiger partial charge in [0.05, 0.1) is 0 Å². The maximum Gasteiger partial charge on any atom is 0.166 e. The molecule has 1 aromatic carbocycles. The molecule has 2 N–H and O–H groups in total. The van der Waals surface area contributed by atoms with Crippen LogP contribution in [0.3, 0.4) is 0 Å². The smallest absolute Gasteiger partial charge is 0.166 e. The topological polar surface area (TPSA) is 40.5 Å². The van der Waals surface area contributed by atoms with Crippen molar-refractivity contribution in [2.75, 3.05) is 0 Å². The number of rotatable bonds is 4. The quantitative estimate of drug-likeness (QED) is 0.719. The highest BCUT2D eigenvalue weighted by Crippen LogP contribution is 2.18. The van der Waals surface area contributed by atoms with E-state index in [2.05, 4.69) is 0 Å². The molecule has 0 bridgehead atoms. The molecule has 2 heteroatoms. The molecule has 0 amide bonds. The minimum absolute atomic E-state index is 0.286. The maximum absolute atomic E-state index is 9.69. The largest absolute Gasteiger partial charge is 0.365 e. The molecule has 0 saturated heterocycles. The highest BCUT2D eigenvalue weighted by atomic mass is 16.5. The van der Waals surface area contributed by atoms with Gasteiger partial charge in [0.2, 0.25) is 0 Å². The van der Waals surface area contributed by atoms with Gasteiger partial charge < -0.3 is 10.2 Å². The Kier molecular flexibility index (Phi) is 3.67. The summed E-state index contributed by atoms with van der Waals surface area (Å²) in [7, 11) is 0. The first-order chi connectivity index (χ1) is 6.49. The van der Waals surface area contributed by atoms with Crippen LogP contribution in [-0.2, 0) is 6.42 Å². The fraction of sp³-hybridized carbons (Fsp3) is 0.500. The first kappa shape index (κ1) is 11.2. The third kappa shape index (κ3) is 3.90. The van der Waals surface area contributed by atoms with Crippen LogP contribution < -0.4 is 0 Å². The number of hydrogen-bond donors (Lipinski definition) is 2. The Bertz CT molecular complexity index is 265. The molecule has 0 aromatic heterocycles. The van der Waals surface area contributed by atoms with Crippen LogP contribution in [0.5, 0.6) is 0 Å². The van der Waals surface area contributed by atoms with Gasteiger partial charge in [0.15, 0.2) is 5.79 Å². The molecule has 0 aliphatic rings. The SMILES string of the molecule is CC(C)CC(O)(O)Cc1ccccc1. The molecule has 0 heterocycles. The highest BCUT2D eigenvalue weighted by Gasteiger charge is 2.24. The summed E-state index contributed by atoms with van der Waals surface area (Å²) in [6.45, 7) is 3.96. The van der Waals surface area contributed by atoms with E-state index in [1.54, 1.807) is 0 Å². The molecule has 2 nitrogen and oxygen atoms in total. The van der Waals surface area contributed by atoms with Gasteiger partial charge in [-0.2, -0.15) is 0 Å². The van der Waals surface area contributed by atoms with Crippen LogP contribution in [0.25, 0.3) is 0 Å². The summed E-state index contributed by atoms with van der Waals surface area (Å²) in [6, 6.07) is 9.53. The van der Waals surface area contributed by atoms with Crippen molar-refractivity contribution in [3.05, 3.63) is 35.9 Å². The van der Waals surface area contributed by atoms with Crippen LogP contribution in [0.15, 0.2) is 30.3 Å². The molecule has 14 heavy (non-hydrogen) atoms. The standard InChI is InChI=1S/C12H18O2/c1-10(2)8-12(13,14)9-11-6-4-3-5-7-11/h3-7,10,13-14H,8-9H2,1-2H3. The lowest BCUT2D eigenvalue weighted by Gasteiger charge is -2.23. The van der Waals surface area contributed by atoms with Crippen molar-refractivity contribution in [2.45, 2.75) is 32.5 Å². The van der Waals surface area contributed by atoms with Gasteiger partial charge in [-0.3, -0.25) is 0 Å². The minimum Gasteiger partial charge on any atom is -0.365 e. The summed E-state index contributed by atoms with van der Waals surface area (Å²) in [5.74, 6) is -1.29. The van der Waals surface area contributed by atoms with Crippen LogP contribution in [0.2, 0.25) is 0 Å². The van der Waals surface area contributed by atoms with Crippen LogP contribution in [0.1, 0.15) is 25.8 Å². The fourth-order valence-corrected chi connectivity index (χ4v) is 1.65. The van der Waals surface area contributed by atoms with E-state index in [4.69, 9.17) is 0 Å². The Balaban J connectivity index is 2.59. The van der Waals surface area contributed by atoms with Crippen molar-refractivity contribution < 1.29 is 10.2 Å². The van der Waals surface area contributed by atoms with Crippen molar-refractivity contribution in [1.82, 2.24) is 0 Å². The molecule has 0 saturated carbocycles. The van der Waals surface area contributed by atoms with E-state index in [0.717, 1.165) is 5.56 Å². The minimum atomic E-state index is -1.57. The van der Waals surface area contributed by atoms with E-state index in [9.17, 15) is 10.2 Å². The zero-order valence-electron chi connectivity index (χ0n) is 8.77. The van der Waals surface area contributed by atoms with Gasteiger partial charge in [0.25, 0.3) is 0 Å². The maximum atomic E-state index is 9.69. The average molecular weight is 194 g/mol. The van der Waals surface area contributed by atoms with Crippen LogP contribution in [0, 0.1) is 5.92 Å². The molecular weight excluding hydrogens is 176 g/mol. The molecule has 0 radical (unpaired) electrons. The zero-order chi connectivity index (χ0) is 10.6. The van der Waals surface area contributed by atoms with Crippen molar-refractivity contribution >= 4 is 0 Å². The number of benzene rings is 1. The van der Waals surface area contributed by atoms with Gasteiger partial charge in [-0.05, 0) is 11.5 Å². The highest BCUT2D eigenvalue weighted by molar-refractivity contribution is 5.16. The Morgan fingerprint density at radius 3 is 2.21 bits per heavy atom. The van der Waals surface area contributed by atoms with Gasteiger partial charge in [0, 0.05) is 12.8 Å². The molecule has 0 atom stereocenters. The second kappa shape index (κ2) is 4.58. The predicted molar refractivity (Wildman–Crippen MR) is 56.8 cm³/mol. The van der Waals surface area contributed by atoms with E-state index in [-0.39, 0.29) is 5.92 Å². The Labute approximate surface area is 85.2 Å². The van der Waals surface area contributed by atoms with Gasteiger partial charge in [-0.15, -0.1) is 0 Å². The third-order valence-corrected chi connectivity index (χ3v) is 2.07. The lowest BCUT2D eigenvalue weighted by Crippen LogP contribution is -2.32. The average Bonchev–Trinajstić information content (AvgIpc) is 2.02. The van der Waals surface area contributed by atoms with Gasteiger partial charge in [-0.1, -0.05) is 44.2 Å². The van der Waals surface area contributed by atoms with Crippen molar-refractivity contribution in [1.29, 1.82) is 0 Å². The molecule has 0 fully saturated rings. The Morgan fingerprint density at radius 1 is 1.14 bits per heavy atom. The summed E-state index contributed by atoms with van der Waals surface area (Å²) in [5.41, 5.74) is 0.957. The van der Waals surface area contributed by atoms with E-state index < -0.39 is 5.79 Å². The Morgan fingerprint density at radius 2 is 1.71 bits per heavy atom. The van der Waals surface area contributed by atoms with Crippen molar-refractivity contribution in [2.24, 2.45) is 5.92 Å². The van der Waals surface area contributed by atoms with E-state index in [0.29, 0.717) is 12.8 Å². The first-order valence-corrected chi connectivity index (χ1v) is 4.98. The predicted octanol–water partition coefficient (Wildman–Crippen LogP) is 1.96.